The Kier molecular flexibility index (Phi) is 1.39. The average Bonchev–Trinajstić information content (AvgIpc) is 2.47. The molecule has 0 aliphatic carbocycles. The van der Waals surface area contributed by atoms with Gasteiger partial charge < -0.3 is 5.73 Å². The molecule has 0 aromatic carbocycles. The highest BCUT2D eigenvalue weighted by Crippen LogP contribution is 2.18. The Balaban J connectivity index is 2.92. The van der Waals surface area contributed by atoms with Gasteiger partial charge in [-0.1, -0.05) is 0 Å². The summed E-state index contributed by atoms with van der Waals surface area (Å²) in [5, 5.41) is 15.5. The topological polar surface area (TPSA) is 104 Å². The molecule has 0 bridgehead atoms. The first-order chi connectivity index (χ1) is 6.22. The predicted molar refractivity (Wildman–Crippen MR) is 45.5 cm³/mol. The van der Waals surface area contributed by atoms with Crippen molar-refractivity contribution >= 4 is 16.9 Å². The third-order valence-corrected chi connectivity index (χ3v) is 1.67. The van der Waals surface area contributed by atoms with Gasteiger partial charge in [0.25, 0.3) is 0 Å². The van der Waals surface area contributed by atoms with Crippen molar-refractivity contribution in [3.8, 4) is 6.07 Å². The lowest BCUT2D eigenvalue weighted by Gasteiger charge is -1.95. The van der Waals surface area contributed by atoms with Gasteiger partial charge in [0.05, 0.1) is 5.39 Å². The quantitative estimate of drug-likeness (QED) is 0.590. The number of rotatable bonds is 0. The van der Waals surface area contributed by atoms with Crippen molar-refractivity contribution in [2.24, 2.45) is 0 Å². The first-order valence-corrected chi connectivity index (χ1v) is 3.60. The molecule has 2 aromatic rings. The lowest BCUT2D eigenvalue weighted by molar-refractivity contribution is 1.05. The molecule has 0 saturated carbocycles. The Labute approximate surface area is 73.4 Å². The van der Waals surface area contributed by atoms with E-state index in [1.165, 1.54) is 0 Å². The molecule has 0 spiro atoms. The molecule has 6 heteroatoms. The molecule has 0 aliphatic heterocycles. The molecule has 64 valence electrons. The molecule has 0 atom stereocenters. The van der Waals surface area contributed by atoms with Gasteiger partial charge in [-0.3, -0.25) is 5.10 Å². The van der Waals surface area contributed by atoms with Crippen LogP contribution >= 0.6 is 0 Å². The summed E-state index contributed by atoms with van der Waals surface area (Å²) in [4.78, 5) is 7.96. The van der Waals surface area contributed by atoms with E-state index in [9.17, 15) is 0 Å². The van der Waals surface area contributed by atoms with E-state index in [1.54, 1.807) is 6.92 Å². The van der Waals surface area contributed by atoms with Gasteiger partial charge >= 0.3 is 0 Å². The van der Waals surface area contributed by atoms with E-state index in [4.69, 9.17) is 11.0 Å². The van der Waals surface area contributed by atoms with Crippen molar-refractivity contribution in [2.45, 2.75) is 6.92 Å². The molecule has 0 amide bonds. The number of fused-ring (bicyclic) bond motifs is 1. The van der Waals surface area contributed by atoms with Gasteiger partial charge in [0.2, 0.25) is 0 Å². The second-order valence-electron chi connectivity index (χ2n) is 2.57. The molecule has 0 radical (unpaired) electrons. The van der Waals surface area contributed by atoms with Crippen LogP contribution in [0.1, 0.15) is 11.5 Å². The van der Waals surface area contributed by atoms with Crippen LogP contribution in [0.25, 0.3) is 11.0 Å². The fourth-order valence-corrected chi connectivity index (χ4v) is 1.15. The highest BCUT2D eigenvalue weighted by atomic mass is 15.2. The number of nitrogens with one attached hydrogen (secondary N) is 1. The summed E-state index contributed by atoms with van der Waals surface area (Å²) in [6, 6.07) is 1.93. The number of anilines is 1. The number of H-pyrrole nitrogens is 1. The van der Waals surface area contributed by atoms with Crippen LogP contribution in [0.5, 0.6) is 0 Å². The van der Waals surface area contributed by atoms with Gasteiger partial charge in [-0.05, 0) is 6.92 Å². The maximum atomic E-state index is 8.69. The highest BCUT2D eigenvalue weighted by Gasteiger charge is 2.10. The largest absolute Gasteiger partial charge is 0.383 e. The van der Waals surface area contributed by atoms with Crippen molar-refractivity contribution in [1.29, 1.82) is 5.26 Å². The maximum absolute atomic E-state index is 8.69. The summed E-state index contributed by atoms with van der Waals surface area (Å²) >= 11 is 0. The van der Waals surface area contributed by atoms with Crippen LogP contribution in [0.15, 0.2) is 0 Å². The van der Waals surface area contributed by atoms with Crippen LogP contribution < -0.4 is 5.73 Å². The Hall–Kier alpha value is -2.16. The number of aryl methyl sites for hydroxylation is 1. The summed E-state index contributed by atoms with van der Waals surface area (Å²) in [7, 11) is 0. The van der Waals surface area contributed by atoms with Gasteiger partial charge in [0, 0.05) is 0 Å². The summed E-state index contributed by atoms with van der Waals surface area (Å²) in [6.45, 7) is 1.72. The second kappa shape index (κ2) is 2.42. The van der Waals surface area contributed by atoms with Crippen LogP contribution in [0.3, 0.4) is 0 Å². The van der Waals surface area contributed by atoms with Crippen LogP contribution in [-0.2, 0) is 0 Å². The van der Waals surface area contributed by atoms with Crippen molar-refractivity contribution < 1.29 is 0 Å². The minimum Gasteiger partial charge on any atom is -0.383 e. The highest BCUT2D eigenvalue weighted by molar-refractivity contribution is 5.89. The van der Waals surface area contributed by atoms with E-state index < -0.39 is 0 Å². The van der Waals surface area contributed by atoms with Gasteiger partial charge in [0.1, 0.15) is 23.4 Å². The lowest BCUT2D eigenvalue weighted by atomic mass is 10.3. The van der Waals surface area contributed by atoms with Gasteiger partial charge in [-0.25, -0.2) is 9.97 Å². The van der Waals surface area contributed by atoms with Gasteiger partial charge in [-0.2, -0.15) is 10.4 Å². The van der Waals surface area contributed by atoms with Crippen LogP contribution in [0, 0.1) is 18.3 Å². The molecule has 2 heterocycles. The minimum absolute atomic E-state index is 0.285. The number of hydrogen-bond acceptors (Lipinski definition) is 5. The molecular formula is C7H6N6. The number of nitrogens with zero attached hydrogens (tertiary/aromatic N) is 4. The zero-order chi connectivity index (χ0) is 9.42. The predicted octanol–water partition coefficient (Wildman–Crippen LogP) is 0.115. The molecule has 6 nitrogen and oxygen atoms in total. The molecule has 13 heavy (non-hydrogen) atoms. The Bertz CT molecular complexity index is 505. The van der Waals surface area contributed by atoms with Crippen molar-refractivity contribution in [3.63, 3.8) is 0 Å². The van der Waals surface area contributed by atoms with E-state index in [2.05, 4.69) is 20.2 Å². The molecule has 0 aliphatic rings. The number of nitrogen functional groups attached to an aromatic ring is 1. The smallest absolute Gasteiger partial charge is 0.187 e. The average molecular weight is 174 g/mol. The zero-order valence-electron chi connectivity index (χ0n) is 6.87. The standard InChI is InChI=1S/C7H6N6/c1-3-10-6(9)5-4(2-8)12-13-7(5)11-3/h1H3,(H3,9,10,11,12,13). The Morgan fingerprint density at radius 3 is 2.92 bits per heavy atom. The van der Waals surface area contributed by atoms with E-state index in [1.807, 2.05) is 6.07 Å². The molecule has 0 fully saturated rings. The molecule has 2 rings (SSSR count). The van der Waals surface area contributed by atoms with E-state index in [0.29, 0.717) is 22.6 Å². The lowest BCUT2D eigenvalue weighted by Crippen LogP contribution is -1.96. The Morgan fingerprint density at radius 2 is 2.23 bits per heavy atom. The number of nitriles is 1. The van der Waals surface area contributed by atoms with E-state index in [0.717, 1.165) is 0 Å². The number of hydrogen-bond donors (Lipinski definition) is 2. The number of nitrogens with two attached hydrogens (primary N) is 1. The van der Waals surface area contributed by atoms with Crippen molar-refractivity contribution in [3.05, 3.63) is 11.5 Å². The first kappa shape index (κ1) is 7.49. The fourth-order valence-electron chi connectivity index (χ4n) is 1.15. The first-order valence-electron chi connectivity index (χ1n) is 3.60. The van der Waals surface area contributed by atoms with Crippen LogP contribution in [0.2, 0.25) is 0 Å². The molecular weight excluding hydrogens is 168 g/mol. The SMILES string of the molecule is Cc1nc(N)c2c(C#N)[nH]nc2n1. The molecule has 3 N–H and O–H groups in total. The van der Waals surface area contributed by atoms with E-state index >= 15 is 0 Å². The monoisotopic (exact) mass is 174 g/mol. The summed E-state index contributed by atoms with van der Waals surface area (Å²) in [6.07, 6.45) is 0. The summed E-state index contributed by atoms with van der Waals surface area (Å²) in [5.74, 6) is 0.828. The molecule has 0 unspecified atom stereocenters. The zero-order valence-corrected chi connectivity index (χ0v) is 6.87. The Morgan fingerprint density at radius 1 is 1.46 bits per heavy atom. The summed E-state index contributed by atoms with van der Waals surface area (Å²) < 4.78 is 0. The van der Waals surface area contributed by atoms with Crippen LogP contribution in [-0.4, -0.2) is 20.2 Å². The maximum Gasteiger partial charge on any atom is 0.187 e. The van der Waals surface area contributed by atoms with E-state index in [-0.39, 0.29) is 5.82 Å². The van der Waals surface area contributed by atoms with Crippen molar-refractivity contribution in [1.82, 2.24) is 20.2 Å². The minimum atomic E-state index is 0.285. The summed E-state index contributed by atoms with van der Waals surface area (Å²) in [5.41, 5.74) is 6.35. The fraction of sp³-hybridized carbons (Fsp3) is 0.143. The van der Waals surface area contributed by atoms with Crippen LogP contribution in [0.4, 0.5) is 5.82 Å². The van der Waals surface area contributed by atoms with Crippen molar-refractivity contribution in [2.75, 3.05) is 5.73 Å². The molecule has 0 saturated heterocycles. The van der Waals surface area contributed by atoms with Gasteiger partial charge in [-0.15, -0.1) is 0 Å². The third-order valence-electron chi connectivity index (χ3n) is 1.67. The molecule has 2 aromatic heterocycles. The number of aromatic amines is 1. The normalized spacial score (nSPS) is 10.2. The second-order valence-corrected chi connectivity index (χ2v) is 2.57. The van der Waals surface area contributed by atoms with Gasteiger partial charge in [0.15, 0.2) is 5.65 Å². The number of aromatic nitrogens is 4. The third kappa shape index (κ3) is 0.980.